The third-order valence-corrected chi connectivity index (χ3v) is 5.96. The number of hydroxylamine groups is 2. The molecular formula is C27H29N3O8. The van der Waals surface area contributed by atoms with Crippen molar-refractivity contribution in [2.24, 2.45) is 0 Å². The van der Waals surface area contributed by atoms with Crippen LogP contribution in [-0.4, -0.2) is 59.8 Å². The van der Waals surface area contributed by atoms with E-state index in [1.54, 1.807) is 20.8 Å². The number of hydrogen-bond acceptors (Lipinski definition) is 8. The standard InChI is InChI=1S/C27H29N3O8/c1-27(2,3)37-25(34)28-14-21(24(33)38-30-22(31)12-13-23(30)32)29-26(35)36-15-20-18-10-6-4-8-16(18)17-9-5-7-11-19(17)20/h4-11,20-21H,12-15H2,1-3H3,(H,28,34)(H,29,35)/t21-/m0/s1. The average Bonchev–Trinajstić information content (AvgIpc) is 3.36. The Morgan fingerprint density at radius 1 is 0.921 bits per heavy atom. The number of alkyl carbamates (subject to hydrolysis) is 2. The van der Waals surface area contributed by atoms with E-state index in [2.05, 4.69) is 10.6 Å². The van der Waals surface area contributed by atoms with E-state index in [1.807, 2.05) is 48.5 Å². The molecule has 1 fully saturated rings. The molecule has 0 spiro atoms. The first-order valence-electron chi connectivity index (χ1n) is 12.2. The molecule has 2 aromatic rings. The number of hydrogen-bond donors (Lipinski definition) is 2. The molecule has 11 nitrogen and oxygen atoms in total. The van der Waals surface area contributed by atoms with E-state index in [-0.39, 0.29) is 25.4 Å². The van der Waals surface area contributed by atoms with Crippen molar-refractivity contribution in [3.63, 3.8) is 0 Å². The van der Waals surface area contributed by atoms with Crippen LogP contribution in [-0.2, 0) is 28.7 Å². The molecule has 0 unspecified atom stereocenters. The summed E-state index contributed by atoms with van der Waals surface area (Å²) in [6.45, 7) is 4.55. The molecule has 1 heterocycles. The summed E-state index contributed by atoms with van der Waals surface area (Å²) in [5.74, 6) is -2.69. The number of ether oxygens (including phenoxy) is 2. The highest BCUT2D eigenvalue weighted by molar-refractivity contribution is 6.02. The number of carbonyl (C=O) groups excluding carboxylic acids is 5. The fraction of sp³-hybridized carbons (Fsp3) is 0.370. The smallest absolute Gasteiger partial charge is 0.407 e. The van der Waals surface area contributed by atoms with Gasteiger partial charge in [0.2, 0.25) is 0 Å². The number of fused-ring (bicyclic) bond motifs is 3. The summed E-state index contributed by atoms with van der Waals surface area (Å²) in [7, 11) is 0. The second kappa shape index (κ2) is 10.9. The Bertz CT molecular complexity index is 1210. The van der Waals surface area contributed by atoms with E-state index in [4.69, 9.17) is 14.3 Å². The van der Waals surface area contributed by atoms with Crippen molar-refractivity contribution in [2.75, 3.05) is 13.2 Å². The lowest BCUT2D eigenvalue weighted by Crippen LogP contribution is -2.51. The molecule has 1 aliphatic carbocycles. The van der Waals surface area contributed by atoms with Gasteiger partial charge in [-0.05, 0) is 43.0 Å². The fourth-order valence-electron chi connectivity index (χ4n) is 4.29. The van der Waals surface area contributed by atoms with Crippen molar-refractivity contribution < 1.29 is 38.3 Å². The maximum Gasteiger partial charge on any atom is 0.407 e. The third-order valence-electron chi connectivity index (χ3n) is 5.96. The number of amides is 4. The van der Waals surface area contributed by atoms with Crippen molar-refractivity contribution in [3.05, 3.63) is 59.7 Å². The van der Waals surface area contributed by atoms with Gasteiger partial charge < -0.3 is 24.9 Å². The van der Waals surface area contributed by atoms with Crippen molar-refractivity contribution in [2.45, 2.75) is 51.2 Å². The van der Waals surface area contributed by atoms with Crippen molar-refractivity contribution in [3.8, 4) is 11.1 Å². The predicted molar refractivity (Wildman–Crippen MR) is 133 cm³/mol. The van der Waals surface area contributed by atoms with Gasteiger partial charge in [-0.15, -0.1) is 5.06 Å². The Morgan fingerprint density at radius 2 is 1.47 bits per heavy atom. The van der Waals surface area contributed by atoms with Crippen LogP contribution in [0.1, 0.15) is 50.7 Å². The number of carbonyl (C=O) groups is 5. The normalized spacial score (nSPS) is 15.4. The molecule has 38 heavy (non-hydrogen) atoms. The minimum atomic E-state index is -1.47. The zero-order valence-corrected chi connectivity index (χ0v) is 21.3. The van der Waals surface area contributed by atoms with Gasteiger partial charge >= 0.3 is 18.2 Å². The quantitative estimate of drug-likeness (QED) is 0.528. The number of imide groups is 1. The number of nitrogens with zero attached hydrogens (tertiary/aromatic N) is 1. The summed E-state index contributed by atoms with van der Waals surface area (Å²) in [6.07, 6.45) is -1.96. The van der Waals surface area contributed by atoms with Crippen LogP contribution < -0.4 is 10.6 Å². The van der Waals surface area contributed by atoms with E-state index in [0.717, 1.165) is 22.3 Å². The van der Waals surface area contributed by atoms with Crippen LogP contribution in [0.4, 0.5) is 9.59 Å². The second-order valence-corrected chi connectivity index (χ2v) is 9.90. The van der Waals surface area contributed by atoms with Gasteiger partial charge in [-0.1, -0.05) is 48.5 Å². The summed E-state index contributed by atoms with van der Waals surface area (Å²) >= 11 is 0. The largest absolute Gasteiger partial charge is 0.449 e. The van der Waals surface area contributed by atoms with Gasteiger partial charge in [0, 0.05) is 18.8 Å². The molecule has 0 saturated carbocycles. The van der Waals surface area contributed by atoms with E-state index >= 15 is 0 Å². The molecule has 0 radical (unpaired) electrons. The van der Waals surface area contributed by atoms with E-state index in [1.165, 1.54) is 0 Å². The van der Waals surface area contributed by atoms with Crippen LogP contribution in [0.3, 0.4) is 0 Å². The molecule has 2 aromatic carbocycles. The second-order valence-electron chi connectivity index (χ2n) is 9.90. The molecule has 2 N–H and O–H groups in total. The summed E-state index contributed by atoms with van der Waals surface area (Å²) in [4.78, 5) is 66.3. The predicted octanol–water partition coefficient (Wildman–Crippen LogP) is 3.03. The monoisotopic (exact) mass is 523 g/mol. The molecular weight excluding hydrogens is 494 g/mol. The fourth-order valence-corrected chi connectivity index (χ4v) is 4.29. The van der Waals surface area contributed by atoms with Crippen LogP contribution in [0.2, 0.25) is 0 Å². The lowest BCUT2D eigenvalue weighted by atomic mass is 9.98. The van der Waals surface area contributed by atoms with Crippen LogP contribution in [0.25, 0.3) is 11.1 Å². The Labute approximate surface area is 219 Å². The summed E-state index contributed by atoms with van der Waals surface area (Å²) in [5.41, 5.74) is 3.33. The maximum atomic E-state index is 12.8. The van der Waals surface area contributed by atoms with Gasteiger partial charge in [0.25, 0.3) is 11.8 Å². The lowest BCUT2D eigenvalue weighted by Gasteiger charge is -2.23. The van der Waals surface area contributed by atoms with Crippen molar-refractivity contribution >= 4 is 30.0 Å². The van der Waals surface area contributed by atoms with Crippen molar-refractivity contribution in [1.29, 1.82) is 0 Å². The molecule has 4 rings (SSSR count). The Balaban J connectivity index is 1.42. The van der Waals surface area contributed by atoms with Gasteiger partial charge in [0.05, 0.1) is 6.54 Å². The molecule has 1 saturated heterocycles. The first-order valence-corrected chi connectivity index (χ1v) is 12.2. The van der Waals surface area contributed by atoms with E-state index in [0.29, 0.717) is 5.06 Å². The number of rotatable bonds is 7. The van der Waals surface area contributed by atoms with Gasteiger partial charge in [-0.25, -0.2) is 14.4 Å². The van der Waals surface area contributed by atoms with E-state index in [9.17, 15) is 24.0 Å². The van der Waals surface area contributed by atoms with Gasteiger partial charge in [0.1, 0.15) is 18.2 Å². The molecule has 4 amide bonds. The van der Waals surface area contributed by atoms with Crippen molar-refractivity contribution in [1.82, 2.24) is 15.7 Å². The van der Waals surface area contributed by atoms with Crippen LogP contribution in [0.5, 0.6) is 0 Å². The topological polar surface area (TPSA) is 140 Å². The third kappa shape index (κ3) is 6.10. The highest BCUT2D eigenvalue weighted by atomic mass is 16.7. The first-order chi connectivity index (χ1) is 18.0. The zero-order chi connectivity index (χ0) is 27.4. The SMILES string of the molecule is CC(C)(C)OC(=O)NC[C@H](NC(=O)OCC1c2ccccc2-c2ccccc21)C(=O)ON1C(=O)CCC1=O. The molecule has 0 aromatic heterocycles. The molecule has 1 atom stereocenters. The molecule has 11 heteroatoms. The maximum absolute atomic E-state index is 12.8. The molecule has 200 valence electrons. The molecule has 0 bridgehead atoms. The summed E-state index contributed by atoms with van der Waals surface area (Å²) in [6, 6.07) is 14.2. The highest BCUT2D eigenvalue weighted by Gasteiger charge is 2.36. The highest BCUT2D eigenvalue weighted by Crippen LogP contribution is 2.44. The van der Waals surface area contributed by atoms with Crippen LogP contribution in [0, 0.1) is 0 Å². The zero-order valence-electron chi connectivity index (χ0n) is 21.3. The molecule has 1 aliphatic heterocycles. The van der Waals surface area contributed by atoms with Crippen LogP contribution in [0.15, 0.2) is 48.5 Å². The Morgan fingerprint density at radius 3 is 2.03 bits per heavy atom. The summed E-state index contributed by atoms with van der Waals surface area (Å²) < 4.78 is 10.6. The lowest BCUT2D eigenvalue weighted by molar-refractivity contribution is -0.198. The van der Waals surface area contributed by atoms with Crippen LogP contribution >= 0.6 is 0 Å². The Kier molecular flexibility index (Phi) is 7.65. The van der Waals surface area contributed by atoms with E-state index < -0.39 is 48.2 Å². The Hall–Kier alpha value is -4.41. The average molecular weight is 524 g/mol. The minimum absolute atomic E-state index is 0.00970. The summed E-state index contributed by atoms with van der Waals surface area (Å²) in [5, 5.41) is 5.09. The number of benzene rings is 2. The minimum Gasteiger partial charge on any atom is -0.449 e. The van der Waals surface area contributed by atoms with Gasteiger partial charge in [-0.3, -0.25) is 9.59 Å². The number of nitrogens with one attached hydrogen (secondary N) is 2. The van der Waals surface area contributed by atoms with Gasteiger partial charge in [-0.2, -0.15) is 0 Å². The molecule has 2 aliphatic rings. The van der Waals surface area contributed by atoms with Gasteiger partial charge in [0.15, 0.2) is 0 Å². The first kappa shape index (κ1) is 26.6.